The fraction of sp³-hybridized carbons (Fsp3) is 0.188. The van der Waals surface area contributed by atoms with Gasteiger partial charge in [0.2, 0.25) is 0 Å². The van der Waals surface area contributed by atoms with Gasteiger partial charge in [-0.3, -0.25) is 8.98 Å². The molecule has 0 saturated carbocycles. The Bertz CT molecular complexity index is 830. The summed E-state index contributed by atoms with van der Waals surface area (Å²) in [6, 6.07) is 14.3. The van der Waals surface area contributed by atoms with Crippen LogP contribution in [-0.4, -0.2) is 27.2 Å². The van der Waals surface area contributed by atoms with Gasteiger partial charge in [-0.1, -0.05) is 42.5 Å². The normalized spacial score (nSPS) is 17.1. The number of rotatable bonds is 3. The average molecular weight is 317 g/mol. The van der Waals surface area contributed by atoms with Crippen LogP contribution in [-0.2, 0) is 14.3 Å². The van der Waals surface area contributed by atoms with Crippen molar-refractivity contribution in [2.45, 2.75) is 6.04 Å². The van der Waals surface area contributed by atoms with E-state index >= 15 is 0 Å². The van der Waals surface area contributed by atoms with E-state index in [1.165, 1.54) is 0 Å². The quantitative estimate of drug-likeness (QED) is 0.880. The summed E-state index contributed by atoms with van der Waals surface area (Å²) in [4.78, 5) is 12.4. The van der Waals surface area contributed by atoms with Gasteiger partial charge in [0.1, 0.15) is 0 Å². The van der Waals surface area contributed by atoms with Crippen molar-refractivity contribution in [1.82, 2.24) is 5.32 Å². The van der Waals surface area contributed by atoms with Gasteiger partial charge in [-0.05, 0) is 22.8 Å². The molecule has 5 nitrogen and oxygen atoms in total. The molecule has 0 spiro atoms. The monoisotopic (exact) mass is 317 g/mol. The van der Waals surface area contributed by atoms with Crippen LogP contribution in [0.25, 0.3) is 11.1 Å². The Morgan fingerprint density at radius 3 is 2.27 bits per heavy atom. The van der Waals surface area contributed by atoms with Gasteiger partial charge in [-0.2, -0.15) is 8.42 Å². The van der Waals surface area contributed by atoms with Crippen molar-refractivity contribution >= 4 is 16.0 Å². The van der Waals surface area contributed by atoms with E-state index in [2.05, 4.69) is 5.32 Å². The number of hydrogen-bond donors (Lipinski definition) is 1. The van der Waals surface area contributed by atoms with Gasteiger partial charge in [0, 0.05) is 5.56 Å². The molecule has 1 amide bonds. The maximum absolute atomic E-state index is 12.4. The van der Waals surface area contributed by atoms with E-state index in [1.807, 2.05) is 36.4 Å². The zero-order valence-electron chi connectivity index (χ0n) is 11.9. The molecule has 1 aliphatic rings. The van der Waals surface area contributed by atoms with Crippen molar-refractivity contribution in [2.24, 2.45) is 0 Å². The molecule has 0 radical (unpaired) electrons. The fourth-order valence-electron chi connectivity index (χ4n) is 2.60. The molecular formula is C16H15NO4S. The van der Waals surface area contributed by atoms with Crippen LogP contribution < -0.4 is 5.32 Å². The lowest BCUT2D eigenvalue weighted by atomic mass is 9.94. The van der Waals surface area contributed by atoms with E-state index < -0.39 is 16.2 Å². The van der Waals surface area contributed by atoms with Crippen LogP contribution in [0.4, 0.5) is 0 Å². The highest BCUT2D eigenvalue weighted by molar-refractivity contribution is 7.85. The molecule has 2 aromatic rings. The lowest BCUT2D eigenvalue weighted by Crippen LogP contribution is -2.31. The van der Waals surface area contributed by atoms with Crippen molar-refractivity contribution in [3.05, 3.63) is 59.7 Å². The number of benzene rings is 2. The fourth-order valence-corrected chi connectivity index (χ4v) is 2.98. The van der Waals surface area contributed by atoms with Gasteiger partial charge in [0.25, 0.3) is 16.0 Å². The summed E-state index contributed by atoms with van der Waals surface area (Å²) in [6.45, 7) is -0.129. The van der Waals surface area contributed by atoms with Crippen LogP contribution in [0.5, 0.6) is 0 Å². The lowest BCUT2D eigenvalue weighted by molar-refractivity contribution is 0.0924. The second kappa shape index (κ2) is 5.55. The molecule has 1 aliphatic heterocycles. The van der Waals surface area contributed by atoms with Gasteiger partial charge >= 0.3 is 0 Å². The van der Waals surface area contributed by atoms with Crippen LogP contribution in [0.15, 0.2) is 48.5 Å². The molecule has 1 unspecified atom stereocenters. The van der Waals surface area contributed by atoms with E-state index in [9.17, 15) is 13.2 Å². The number of nitrogens with one attached hydrogen (secondary N) is 1. The summed E-state index contributed by atoms with van der Waals surface area (Å²) in [7, 11) is -3.57. The second-order valence-electron chi connectivity index (χ2n) is 5.15. The highest BCUT2D eigenvalue weighted by Gasteiger charge is 2.26. The Labute approximate surface area is 129 Å². The van der Waals surface area contributed by atoms with Crippen molar-refractivity contribution in [1.29, 1.82) is 0 Å². The summed E-state index contributed by atoms with van der Waals surface area (Å²) in [6.07, 6.45) is 0.992. The molecule has 0 fully saturated rings. The molecule has 1 atom stereocenters. The molecule has 2 aromatic carbocycles. The average Bonchev–Trinajstić information content (AvgIpc) is 2.61. The van der Waals surface area contributed by atoms with Crippen molar-refractivity contribution in [3.8, 4) is 11.1 Å². The molecule has 0 saturated heterocycles. The predicted molar refractivity (Wildman–Crippen MR) is 82.9 cm³/mol. The summed E-state index contributed by atoms with van der Waals surface area (Å²) in [5.41, 5.74) is 3.14. The molecule has 114 valence electrons. The maximum Gasteiger partial charge on any atom is 0.264 e. The smallest absolute Gasteiger partial charge is 0.264 e. The first-order valence-corrected chi connectivity index (χ1v) is 8.61. The number of carbonyl (C=O) groups is 1. The van der Waals surface area contributed by atoms with E-state index in [1.54, 1.807) is 12.1 Å². The predicted octanol–water partition coefficient (Wildman–Crippen LogP) is 2.11. The molecule has 1 N–H and O–H groups in total. The molecule has 0 bridgehead atoms. The largest absolute Gasteiger partial charge is 0.343 e. The van der Waals surface area contributed by atoms with Crippen LogP contribution in [0, 0.1) is 0 Å². The van der Waals surface area contributed by atoms with Crippen LogP contribution in [0.1, 0.15) is 22.0 Å². The van der Waals surface area contributed by atoms with E-state index in [-0.39, 0.29) is 12.5 Å². The maximum atomic E-state index is 12.4. The molecule has 6 heteroatoms. The standard InChI is InChI=1S/C16H15NO4S/c1-22(19,20)21-10-15-13-8-4-2-6-11(13)12-7-3-5-9-14(12)16(18)17-15/h2-9,15H,10H2,1H3,(H,17,18). The Morgan fingerprint density at radius 1 is 1.00 bits per heavy atom. The highest BCUT2D eigenvalue weighted by Crippen LogP contribution is 2.34. The van der Waals surface area contributed by atoms with Crippen molar-refractivity contribution in [3.63, 3.8) is 0 Å². The lowest BCUT2D eigenvalue weighted by Gasteiger charge is -2.18. The zero-order chi connectivity index (χ0) is 15.7. The van der Waals surface area contributed by atoms with Gasteiger partial charge in [0.05, 0.1) is 18.9 Å². The van der Waals surface area contributed by atoms with Crippen molar-refractivity contribution in [2.75, 3.05) is 12.9 Å². The molecule has 22 heavy (non-hydrogen) atoms. The third-order valence-corrected chi connectivity index (χ3v) is 4.12. The third kappa shape index (κ3) is 2.88. The first-order valence-electron chi connectivity index (χ1n) is 6.79. The minimum Gasteiger partial charge on any atom is -0.343 e. The number of hydrogen-bond acceptors (Lipinski definition) is 4. The van der Waals surface area contributed by atoms with Gasteiger partial charge in [-0.25, -0.2) is 0 Å². The molecule has 0 aromatic heterocycles. The van der Waals surface area contributed by atoms with E-state index in [0.717, 1.165) is 22.9 Å². The summed E-state index contributed by atoms with van der Waals surface area (Å²) in [5.74, 6) is -0.242. The summed E-state index contributed by atoms with van der Waals surface area (Å²) < 4.78 is 27.4. The summed E-state index contributed by atoms with van der Waals surface area (Å²) in [5, 5.41) is 2.84. The van der Waals surface area contributed by atoms with Crippen LogP contribution >= 0.6 is 0 Å². The van der Waals surface area contributed by atoms with Crippen LogP contribution in [0.2, 0.25) is 0 Å². The number of amides is 1. The Morgan fingerprint density at radius 2 is 1.59 bits per heavy atom. The van der Waals surface area contributed by atoms with Gasteiger partial charge < -0.3 is 5.32 Å². The van der Waals surface area contributed by atoms with Crippen molar-refractivity contribution < 1.29 is 17.4 Å². The third-order valence-electron chi connectivity index (χ3n) is 3.55. The number of carbonyl (C=O) groups excluding carboxylic acids is 1. The van der Waals surface area contributed by atoms with E-state index in [0.29, 0.717) is 5.56 Å². The Kier molecular flexibility index (Phi) is 3.72. The molecule has 0 aliphatic carbocycles. The first kappa shape index (κ1) is 14.7. The topological polar surface area (TPSA) is 72.5 Å². The number of fused-ring (bicyclic) bond motifs is 3. The molecule has 1 heterocycles. The Hall–Kier alpha value is -2.18. The van der Waals surface area contributed by atoms with E-state index in [4.69, 9.17) is 4.18 Å². The highest BCUT2D eigenvalue weighted by atomic mass is 32.2. The van der Waals surface area contributed by atoms with Gasteiger partial charge in [-0.15, -0.1) is 0 Å². The van der Waals surface area contributed by atoms with Crippen LogP contribution in [0.3, 0.4) is 0 Å². The molecular weight excluding hydrogens is 302 g/mol. The zero-order valence-corrected chi connectivity index (χ0v) is 12.8. The molecule has 3 rings (SSSR count). The minimum atomic E-state index is -3.57. The van der Waals surface area contributed by atoms with Gasteiger partial charge in [0.15, 0.2) is 0 Å². The summed E-state index contributed by atoms with van der Waals surface area (Å²) >= 11 is 0. The first-order chi connectivity index (χ1) is 10.5. The second-order valence-corrected chi connectivity index (χ2v) is 6.79. The minimum absolute atomic E-state index is 0.129. The SMILES string of the molecule is CS(=O)(=O)OCC1NC(=O)c2ccccc2-c2ccccc21. The Balaban J connectivity index is 2.08.